The highest BCUT2D eigenvalue weighted by molar-refractivity contribution is 9.10. The molecule has 3 nitrogen and oxygen atoms in total. The molecule has 29 heavy (non-hydrogen) atoms. The number of aryl methyl sites for hydroxylation is 4. The van der Waals surface area contributed by atoms with Crippen LogP contribution in [-0.2, 0) is 4.57 Å². The Hall–Kier alpha value is -2.18. The molecular weight excluding hydrogens is 443 g/mol. The van der Waals surface area contributed by atoms with Crippen LogP contribution in [0.5, 0.6) is 0 Å². The van der Waals surface area contributed by atoms with Crippen LogP contribution < -0.4 is 15.7 Å². The molecule has 0 fully saturated rings. The molecule has 0 saturated heterocycles. The Morgan fingerprint density at radius 2 is 1.24 bits per heavy atom. The predicted octanol–water partition coefficient (Wildman–Crippen LogP) is 5.77. The molecule has 148 valence electrons. The minimum Gasteiger partial charge on any atom is -0.296 e. The largest absolute Gasteiger partial charge is 0.296 e. The molecule has 0 unspecified atom stereocenters. The summed E-state index contributed by atoms with van der Waals surface area (Å²) >= 11 is 3.43. The number of hydrogen-bond acceptors (Lipinski definition) is 2. The van der Waals surface area contributed by atoms with E-state index in [0.29, 0.717) is 0 Å². The van der Waals surface area contributed by atoms with E-state index < -0.39 is 13.3 Å². The number of benzene rings is 3. The van der Waals surface area contributed by atoms with E-state index in [0.717, 1.165) is 42.9 Å². The van der Waals surface area contributed by atoms with Crippen LogP contribution in [0.3, 0.4) is 0 Å². The quantitative estimate of drug-likeness (QED) is 0.485. The van der Waals surface area contributed by atoms with E-state index in [9.17, 15) is 9.83 Å². The Kier molecular flexibility index (Phi) is 6.44. The zero-order valence-corrected chi connectivity index (χ0v) is 19.5. The number of nitrogens with one attached hydrogen (secondary N) is 1. The monoisotopic (exact) mass is 466 g/mol. The van der Waals surface area contributed by atoms with Gasteiger partial charge >= 0.3 is 0 Å². The molecule has 3 rings (SSSR count). The zero-order valence-electron chi connectivity index (χ0n) is 17.0. The third-order valence-corrected chi connectivity index (χ3v) is 8.97. The van der Waals surface area contributed by atoms with Crippen LogP contribution in [0.2, 0.25) is 0 Å². The average Bonchev–Trinajstić information content (AvgIpc) is 2.66. The molecule has 0 aliphatic rings. The van der Waals surface area contributed by atoms with Gasteiger partial charge < -0.3 is 0 Å². The summed E-state index contributed by atoms with van der Waals surface area (Å²) in [5.74, 6) is 0. The van der Waals surface area contributed by atoms with E-state index in [2.05, 4.69) is 27.1 Å². The van der Waals surface area contributed by atoms with E-state index in [-0.39, 0.29) is 0 Å². The van der Waals surface area contributed by atoms with Crippen molar-refractivity contribution in [1.29, 1.82) is 5.26 Å². The maximum atomic E-state index is 14.8. The second-order valence-electron chi connectivity index (χ2n) is 7.33. The van der Waals surface area contributed by atoms with Gasteiger partial charge in [0.25, 0.3) is 0 Å². The van der Waals surface area contributed by atoms with Crippen molar-refractivity contribution in [3.05, 3.63) is 93.0 Å². The molecule has 0 amide bonds. The second kappa shape index (κ2) is 8.67. The SMILES string of the molecule is Cc1cccc(C)c1P(=O)(N[C@@H](C#N)c1ccc(Br)cc1)c1c(C)cccc1C. The molecule has 0 aromatic heterocycles. The van der Waals surface area contributed by atoms with Crippen LogP contribution in [-0.4, -0.2) is 0 Å². The summed E-state index contributed by atoms with van der Waals surface area (Å²) in [7, 11) is -3.31. The first-order chi connectivity index (χ1) is 13.8. The highest BCUT2D eigenvalue weighted by Gasteiger charge is 2.35. The number of halogens is 1. The van der Waals surface area contributed by atoms with Crippen LogP contribution in [0.1, 0.15) is 33.9 Å². The summed E-state index contributed by atoms with van der Waals surface area (Å²) in [6.45, 7) is 7.91. The third-order valence-electron chi connectivity index (χ3n) is 5.15. The zero-order chi connectivity index (χ0) is 21.2. The van der Waals surface area contributed by atoms with Crippen molar-refractivity contribution in [3.63, 3.8) is 0 Å². The van der Waals surface area contributed by atoms with Gasteiger partial charge in [-0.3, -0.25) is 4.57 Å². The maximum Gasteiger partial charge on any atom is 0.207 e. The lowest BCUT2D eigenvalue weighted by atomic mass is 10.1. The van der Waals surface area contributed by atoms with Crippen LogP contribution >= 0.6 is 23.2 Å². The van der Waals surface area contributed by atoms with Crippen LogP contribution in [0.4, 0.5) is 0 Å². The molecule has 0 saturated carbocycles. The van der Waals surface area contributed by atoms with Crippen molar-refractivity contribution in [3.8, 4) is 6.07 Å². The molecule has 0 aliphatic heterocycles. The lowest BCUT2D eigenvalue weighted by Gasteiger charge is -2.29. The van der Waals surface area contributed by atoms with Crippen molar-refractivity contribution in [2.75, 3.05) is 0 Å². The third kappa shape index (κ3) is 4.23. The topological polar surface area (TPSA) is 52.9 Å². The van der Waals surface area contributed by atoms with Crippen molar-refractivity contribution >= 4 is 33.8 Å². The Balaban J connectivity index is 2.25. The minimum absolute atomic E-state index is 0.702. The molecule has 0 spiro atoms. The van der Waals surface area contributed by atoms with Gasteiger partial charge in [0.2, 0.25) is 7.29 Å². The number of nitrogens with zero attached hydrogens (tertiary/aromatic N) is 1. The summed E-state index contributed by atoms with van der Waals surface area (Å²) < 4.78 is 15.8. The fraction of sp³-hybridized carbons (Fsp3) is 0.208. The first kappa shape index (κ1) is 21.5. The van der Waals surface area contributed by atoms with Gasteiger partial charge in [0.15, 0.2) is 0 Å². The lowest BCUT2D eigenvalue weighted by Crippen LogP contribution is -2.34. The summed E-state index contributed by atoms with van der Waals surface area (Å²) in [5, 5.41) is 14.8. The van der Waals surface area contributed by atoms with Crippen molar-refractivity contribution < 1.29 is 4.57 Å². The molecule has 5 heteroatoms. The van der Waals surface area contributed by atoms with Crippen LogP contribution in [0.25, 0.3) is 0 Å². The van der Waals surface area contributed by atoms with Crippen molar-refractivity contribution in [1.82, 2.24) is 5.09 Å². The maximum absolute atomic E-state index is 14.8. The Morgan fingerprint density at radius 1 is 0.828 bits per heavy atom. The van der Waals surface area contributed by atoms with E-state index in [1.54, 1.807) is 0 Å². The lowest BCUT2D eigenvalue weighted by molar-refractivity contribution is 0.573. The smallest absolute Gasteiger partial charge is 0.207 e. The summed E-state index contributed by atoms with van der Waals surface area (Å²) in [5.41, 5.74) is 4.60. The summed E-state index contributed by atoms with van der Waals surface area (Å²) in [4.78, 5) is 0. The number of nitriles is 1. The first-order valence-electron chi connectivity index (χ1n) is 9.44. The number of hydrogen-bond donors (Lipinski definition) is 1. The summed E-state index contributed by atoms with van der Waals surface area (Å²) in [6.07, 6.45) is 0. The van der Waals surface area contributed by atoms with Gasteiger partial charge in [0.05, 0.1) is 6.07 Å². The van der Waals surface area contributed by atoms with Crippen molar-refractivity contribution in [2.45, 2.75) is 33.7 Å². The molecule has 0 heterocycles. The Bertz CT molecular complexity index is 1040. The van der Waals surface area contributed by atoms with Gasteiger partial charge in [-0.15, -0.1) is 0 Å². The summed E-state index contributed by atoms with van der Waals surface area (Å²) in [6, 6.07) is 21.0. The molecule has 3 aromatic rings. The molecule has 0 radical (unpaired) electrons. The average molecular weight is 467 g/mol. The van der Waals surface area contributed by atoms with E-state index in [1.807, 2.05) is 88.4 Å². The van der Waals surface area contributed by atoms with Gasteiger partial charge in [0.1, 0.15) is 6.04 Å². The Morgan fingerprint density at radius 3 is 1.62 bits per heavy atom. The second-order valence-corrected chi connectivity index (χ2v) is 10.6. The molecular formula is C24H24BrN2OP. The molecule has 1 N–H and O–H groups in total. The first-order valence-corrected chi connectivity index (χ1v) is 11.9. The fourth-order valence-electron chi connectivity index (χ4n) is 3.86. The highest BCUT2D eigenvalue weighted by atomic mass is 79.9. The van der Waals surface area contributed by atoms with Crippen molar-refractivity contribution in [2.24, 2.45) is 0 Å². The van der Waals surface area contributed by atoms with E-state index in [1.165, 1.54) is 0 Å². The fourth-order valence-corrected chi connectivity index (χ4v) is 7.46. The molecule has 0 aliphatic carbocycles. The van der Waals surface area contributed by atoms with Gasteiger partial charge in [-0.25, -0.2) is 5.09 Å². The molecule has 3 aromatic carbocycles. The van der Waals surface area contributed by atoms with Gasteiger partial charge in [-0.05, 0) is 67.6 Å². The Labute approximate surface area is 181 Å². The van der Waals surface area contributed by atoms with Gasteiger partial charge in [0, 0.05) is 15.1 Å². The highest BCUT2D eigenvalue weighted by Crippen LogP contribution is 2.45. The van der Waals surface area contributed by atoms with Gasteiger partial charge in [-0.2, -0.15) is 5.26 Å². The minimum atomic E-state index is -3.31. The molecule has 1 atom stereocenters. The van der Waals surface area contributed by atoms with E-state index >= 15 is 0 Å². The number of rotatable bonds is 5. The van der Waals surface area contributed by atoms with Crippen LogP contribution in [0, 0.1) is 39.0 Å². The molecule has 0 bridgehead atoms. The van der Waals surface area contributed by atoms with Gasteiger partial charge in [-0.1, -0.05) is 64.5 Å². The van der Waals surface area contributed by atoms with E-state index in [4.69, 9.17) is 0 Å². The predicted molar refractivity (Wildman–Crippen MR) is 124 cm³/mol. The van der Waals surface area contributed by atoms with Crippen LogP contribution in [0.15, 0.2) is 65.1 Å². The normalized spacial score (nSPS) is 12.4. The standard InChI is InChI=1S/C24H24BrN2OP/c1-16-7-5-8-17(2)23(16)29(28,24-18(3)9-6-10-19(24)4)27-22(15-26)20-11-13-21(25)14-12-20/h5-14,22H,1-4H3,(H,27,28)/t22-/m0/s1.